The number of rotatable bonds is 7. The number of nitrogens with zero attached hydrogens (tertiary/aromatic N) is 4. The molecular formula is C58H35F3N4. The first-order chi connectivity index (χ1) is 31.9. The van der Waals surface area contributed by atoms with Crippen LogP contribution < -0.4 is 0 Å². The molecule has 0 aliphatic rings. The van der Waals surface area contributed by atoms with Crippen molar-refractivity contribution in [1.82, 2.24) is 19.1 Å². The van der Waals surface area contributed by atoms with Crippen molar-refractivity contribution >= 4 is 43.6 Å². The van der Waals surface area contributed by atoms with E-state index in [0.29, 0.717) is 11.3 Å². The van der Waals surface area contributed by atoms with E-state index in [0.717, 1.165) is 94.4 Å². The Morgan fingerprint density at radius 2 is 0.754 bits per heavy atom. The molecule has 0 saturated heterocycles. The summed E-state index contributed by atoms with van der Waals surface area (Å²) in [7, 11) is 0. The van der Waals surface area contributed by atoms with Gasteiger partial charge in [0.2, 0.25) is 0 Å². The molecule has 4 heterocycles. The van der Waals surface area contributed by atoms with Gasteiger partial charge >= 0.3 is 0 Å². The third-order valence-corrected chi connectivity index (χ3v) is 12.4. The number of hydrogen-bond donors (Lipinski definition) is 0. The Morgan fingerprint density at radius 1 is 0.308 bits per heavy atom. The van der Waals surface area contributed by atoms with Crippen LogP contribution in [0.2, 0.25) is 0 Å². The summed E-state index contributed by atoms with van der Waals surface area (Å²) in [6.07, 6.45) is 3.64. The summed E-state index contributed by atoms with van der Waals surface area (Å²) in [6.45, 7) is 0. The standard InChI is InChI=1S/C58H35F3N4/c59-43-27-42(28-44(60)33-43)47-34-58(65-54-18-10-8-16-46(54)49-30-39(20-22-56(49)65)41-24-26-63-52(32-41)37-13-5-2-6-14-37)50(61)35-57(47)64-53-17-9-7-15-45(53)48-29-38(19-21-55(48)64)40-23-25-62-51(31-40)36-11-3-1-4-12-36/h1-35H. The van der Waals surface area contributed by atoms with Gasteiger partial charge in [-0.3, -0.25) is 9.97 Å². The monoisotopic (exact) mass is 844 g/mol. The molecular weight excluding hydrogens is 810 g/mol. The fourth-order valence-electron chi connectivity index (χ4n) is 9.43. The Balaban J connectivity index is 1.06. The van der Waals surface area contributed by atoms with Crippen LogP contribution in [0.25, 0.3) is 111 Å². The highest BCUT2D eigenvalue weighted by Gasteiger charge is 2.23. The van der Waals surface area contributed by atoms with Gasteiger partial charge in [-0.25, -0.2) is 13.2 Å². The van der Waals surface area contributed by atoms with Gasteiger partial charge < -0.3 is 9.13 Å². The van der Waals surface area contributed by atoms with Gasteiger partial charge in [0.1, 0.15) is 17.5 Å². The Kier molecular flexibility index (Phi) is 9.02. The summed E-state index contributed by atoms with van der Waals surface area (Å²) in [5.41, 5.74) is 12.4. The molecule has 0 spiro atoms. The third-order valence-electron chi connectivity index (χ3n) is 12.4. The molecule has 0 radical (unpaired) electrons. The van der Waals surface area contributed by atoms with Gasteiger partial charge in [0, 0.05) is 62.8 Å². The minimum Gasteiger partial charge on any atom is -0.309 e. The second-order valence-corrected chi connectivity index (χ2v) is 16.2. The second-order valence-electron chi connectivity index (χ2n) is 16.2. The topological polar surface area (TPSA) is 35.6 Å². The zero-order valence-corrected chi connectivity index (χ0v) is 34.6. The molecule has 308 valence electrons. The van der Waals surface area contributed by atoms with Gasteiger partial charge in [-0.05, 0) is 107 Å². The molecule has 4 nitrogen and oxygen atoms in total. The van der Waals surface area contributed by atoms with E-state index in [1.165, 1.54) is 18.2 Å². The third kappa shape index (κ3) is 6.56. The summed E-state index contributed by atoms with van der Waals surface area (Å²) in [4.78, 5) is 9.28. The van der Waals surface area contributed by atoms with Crippen LogP contribution in [0.5, 0.6) is 0 Å². The lowest BCUT2D eigenvalue weighted by Crippen LogP contribution is -2.04. The Bertz CT molecular complexity index is 3800. The first kappa shape index (κ1) is 38.2. The highest BCUT2D eigenvalue weighted by Crippen LogP contribution is 2.42. The smallest absolute Gasteiger partial charge is 0.149 e. The fourth-order valence-corrected chi connectivity index (χ4v) is 9.43. The molecule has 8 aromatic carbocycles. The summed E-state index contributed by atoms with van der Waals surface area (Å²) >= 11 is 0. The highest BCUT2D eigenvalue weighted by molar-refractivity contribution is 6.12. The molecule has 0 unspecified atom stereocenters. The largest absolute Gasteiger partial charge is 0.309 e. The number of halogens is 3. The van der Waals surface area contributed by atoms with Crippen molar-refractivity contribution in [3.8, 4) is 67.3 Å². The molecule has 12 rings (SSSR count). The van der Waals surface area contributed by atoms with E-state index < -0.39 is 17.5 Å². The van der Waals surface area contributed by atoms with Gasteiger partial charge in [-0.1, -0.05) is 109 Å². The maximum absolute atomic E-state index is 17.5. The minimum absolute atomic E-state index is 0.248. The van der Waals surface area contributed by atoms with Crippen molar-refractivity contribution in [2.24, 2.45) is 0 Å². The fraction of sp³-hybridized carbons (Fsp3) is 0. The molecule has 0 fully saturated rings. The molecule has 7 heteroatoms. The van der Waals surface area contributed by atoms with Gasteiger partial charge in [-0.15, -0.1) is 0 Å². The predicted octanol–water partition coefficient (Wildman–Crippen LogP) is 15.4. The number of para-hydroxylation sites is 2. The van der Waals surface area contributed by atoms with Gasteiger partial charge in [-0.2, -0.15) is 0 Å². The first-order valence-corrected chi connectivity index (χ1v) is 21.4. The van der Waals surface area contributed by atoms with Crippen LogP contribution in [-0.2, 0) is 0 Å². The summed E-state index contributed by atoms with van der Waals surface area (Å²) < 4.78 is 52.0. The average molecular weight is 845 g/mol. The van der Waals surface area contributed by atoms with Crippen LogP contribution >= 0.6 is 0 Å². The van der Waals surface area contributed by atoms with Gasteiger partial charge in [0.15, 0.2) is 0 Å². The van der Waals surface area contributed by atoms with Crippen molar-refractivity contribution in [2.75, 3.05) is 0 Å². The lowest BCUT2D eigenvalue weighted by atomic mass is 10.0. The second kappa shape index (κ2) is 15.4. The van der Waals surface area contributed by atoms with Crippen molar-refractivity contribution in [2.45, 2.75) is 0 Å². The Labute approximate surface area is 371 Å². The molecule has 0 amide bonds. The van der Waals surface area contributed by atoms with E-state index in [4.69, 9.17) is 0 Å². The number of pyridine rings is 2. The molecule has 0 atom stereocenters. The summed E-state index contributed by atoms with van der Waals surface area (Å²) in [6, 6.07) is 63.2. The molecule has 12 aromatic rings. The number of benzene rings is 8. The Hall–Kier alpha value is -8.55. The molecule has 0 bridgehead atoms. The van der Waals surface area contributed by atoms with Crippen molar-refractivity contribution in [1.29, 1.82) is 0 Å². The molecule has 65 heavy (non-hydrogen) atoms. The molecule has 0 saturated carbocycles. The normalized spacial score (nSPS) is 11.6. The van der Waals surface area contributed by atoms with E-state index in [2.05, 4.69) is 40.3 Å². The lowest BCUT2D eigenvalue weighted by molar-refractivity contribution is 0.584. The molecule has 0 aliphatic heterocycles. The highest BCUT2D eigenvalue weighted by atomic mass is 19.1. The van der Waals surface area contributed by atoms with Crippen molar-refractivity contribution in [3.05, 3.63) is 230 Å². The van der Waals surface area contributed by atoms with Crippen LogP contribution in [0.1, 0.15) is 0 Å². The van der Waals surface area contributed by atoms with Crippen molar-refractivity contribution in [3.63, 3.8) is 0 Å². The quantitative estimate of drug-likeness (QED) is 0.160. The molecule has 4 aromatic heterocycles. The van der Waals surface area contributed by atoms with Crippen LogP contribution in [0.4, 0.5) is 13.2 Å². The number of fused-ring (bicyclic) bond motifs is 6. The van der Waals surface area contributed by atoms with E-state index in [1.807, 2.05) is 161 Å². The SMILES string of the molecule is Fc1cc(F)cc(-c2cc(-n3c4ccccc4c4cc(-c5ccnc(-c6ccccc6)c5)ccc43)c(F)cc2-n2c3ccccc3c3cc(-c4ccnc(-c5ccccc5)c4)ccc32)c1. The van der Waals surface area contributed by atoms with E-state index in [-0.39, 0.29) is 11.3 Å². The van der Waals surface area contributed by atoms with Crippen molar-refractivity contribution < 1.29 is 13.2 Å². The van der Waals surface area contributed by atoms with Crippen LogP contribution in [0.15, 0.2) is 213 Å². The summed E-state index contributed by atoms with van der Waals surface area (Å²) in [5, 5.41) is 3.76. The van der Waals surface area contributed by atoms with E-state index in [9.17, 15) is 0 Å². The Morgan fingerprint density at radius 3 is 1.28 bits per heavy atom. The number of hydrogen-bond acceptors (Lipinski definition) is 2. The molecule has 0 aliphatic carbocycles. The number of aromatic nitrogens is 4. The van der Waals surface area contributed by atoms with Gasteiger partial charge in [0.25, 0.3) is 0 Å². The maximum atomic E-state index is 17.5. The zero-order valence-electron chi connectivity index (χ0n) is 34.6. The van der Waals surface area contributed by atoms with Crippen LogP contribution in [-0.4, -0.2) is 19.1 Å². The average Bonchev–Trinajstić information content (AvgIpc) is 3.86. The van der Waals surface area contributed by atoms with E-state index in [1.54, 1.807) is 6.07 Å². The summed E-state index contributed by atoms with van der Waals surface area (Å²) in [5.74, 6) is -1.96. The minimum atomic E-state index is -0.730. The van der Waals surface area contributed by atoms with Gasteiger partial charge in [0.05, 0.1) is 44.8 Å². The maximum Gasteiger partial charge on any atom is 0.149 e. The predicted molar refractivity (Wildman–Crippen MR) is 258 cm³/mol. The first-order valence-electron chi connectivity index (χ1n) is 21.4. The van der Waals surface area contributed by atoms with Crippen LogP contribution in [0.3, 0.4) is 0 Å². The zero-order chi connectivity index (χ0) is 43.6. The lowest BCUT2D eigenvalue weighted by Gasteiger charge is -2.18. The van der Waals surface area contributed by atoms with Crippen LogP contribution in [0, 0.1) is 17.5 Å². The van der Waals surface area contributed by atoms with E-state index >= 15 is 13.2 Å². The molecule has 0 N–H and O–H groups in total.